The maximum Gasteiger partial charge on any atom is 0.0669 e. The summed E-state index contributed by atoms with van der Waals surface area (Å²) in [7, 11) is 0. The summed E-state index contributed by atoms with van der Waals surface area (Å²) in [6.07, 6.45) is 2.93. The first-order valence-electron chi connectivity index (χ1n) is 4.07. The highest BCUT2D eigenvalue weighted by molar-refractivity contribution is 5.00. The lowest BCUT2D eigenvalue weighted by Crippen LogP contribution is -2.21. The minimum absolute atomic E-state index is 0.00352. The lowest BCUT2D eigenvalue weighted by molar-refractivity contribution is 0.278. The molecule has 1 aliphatic rings. The minimum atomic E-state index is -0.0104. The number of nitriles is 2. The van der Waals surface area contributed by atoms with Crippen LogP contribution in [0.15, 0.2) is 0 Å². The molecule has 3 atom stereocenters. The second-order valence-electron chi connectivity index (χ2n) is 3.39. The van der Waals surface area contributed by atoms with E-state index < -0.39 is 0 Å². The van der Waals surface area contributed by atoms with E-state index in [0.717, 1.165) is 19.3 Å². The summed E-state index contributed by atoms with van der Waals surface area (Å²) in [6.45, 7) is 2.15. The number of nitrogens with zero attached hydrogens (tertiary/aromatic N) is 2. The zero-order valence-corrected chi connectivity index (χ0v) is 6.75. The van der Waals surface area contributed by atoms with E-state index in [2.05, 4.69) is 19.1 Å². The van der Waals surface area contributed by atoms with E-state index in [-0.39, 0.29) is 11.8 Å². The molecule has 0 heterocycles. The van der Waals surface area contributed by atoms with Crippen molar-refractivity contribution in [1.29, 1.82) is 10.5 Å². The summed E-state index contributed by atoms with van der Waals surface area (Å²) in [5.74, 6) is 0.615. The molecule has 58 valence electrons. The van der Waals surface area contributed by atoms with E-state index in [1.807, 2.05) is 0 Å². The van der Waals surface area contributed by atoms with Crippen molar-refractivity contribution < 1.29 is 0 Å². The molecular weight excluding hydrogens is 136 g/mol. The van der Waals surface area contributed by atoms with E-state index in [9.17, 15) is 0 Å². The highest BCUT2D eigenvalue weighted by Gasteiger charge is 2.28. The van der Waals surface area contributed by atoms with Crippen molar-refractivity contribution in [3.05, 3.63) is 0 Å². The molecule has 2 nitrogen and oxygen atoms in total. The smallest absolute Gasteiger partial charge is 0.0669 e. The van der Waals surface area contributed by atoms with Crippen LogP contribution in [0.4, 0.5) is 0 Å². The molecule has 0 spiro atoms. The van der Waals surface area contributed by atoms with Crippen molar-refractivity contribution >= 4 is 0 Å². The van der Waals surface area contributed by atoms with Crippen molar-refractivity contribution in [2.24, 2.45) is 17.8 Å². The Morgan fingerprint density at radius 3 is 2.27 bits per heavy atom. The molecule has 2 heteroatoms. The van der Waals surface area contributed by atoms with Gasteiger partial charge in [-0.2, -0.15) is 10.5 Å². The molecule has 1 rings (SSSR count). The average molecular weight is 148 g/mol. The molecule has 0 amide bonds. The largest absolute Gasteiger partial charge is 0.198 e. The third-order valence-electron chi connectivity index (χ3n) is 2.44. The molecule has 0 aliphatic heterocycles. The Labute approximate surface area is 67.4 Å². The molecule has 1 aliphatic carbocycles. The summed E-state index contributed by atoms with van der Waals surface area (Å²) in [5.41, 5.74) is 0. The van der Waals surface area contributed by atoms with Crippen LogP contribution >= 0.6 is 0 Å². The number of hydrogen-bond acceptors (Lipinski definition) is 2. The van der Waals surface area contributed by atoms with Crippen LogP contribution in [0, 0.1) is 40.4 Å². The summed E-state index contributed by atoms with van der Waals surface area (Å²) in [5, 5.41) is 17.4. The highest BCUT2D eigenvalue weighted by atomic mass is 14.4. The molecule has 0 aromatic heterocycles. The Hall–Kier alpha value is -1.02. The van der Waals surface area contributed by atoms with E-state index in [4.69, 9.17) is 10.5 Å². The maximum absolute atomic E-state index is 8.71. The van der Waals surface area contributed by atoms with Gasteiger partial charge in [-0.25, -0.2) is 0 Å². The van der Waals surface area contributed by atoms with Gasteiger partial charge in [0.2, 0.25) is 0 Å². The van der Waals surface area contributed by atoms with Gasteiger partial charge in [-0.3, -0.25) is 0 Å². The second-order valence-corrected chi connectivity index (χ2v) is 3.39. The quantitative estimate of drug-likeness (QED) is 0.528. The fourth-order valence-electron chi connectivity index (χ4n) is 1.68. The lowest BCUT2D eigenvalue weighted by Gasteiger charge is -2.25. The first kappa shape index (κ1) is 8.08. The normalized spacial score (nSPS) is 37.2. The Morgan fingerprint density at radius 1 is 1.09 bits per heavy atom. The van der Waals surface area contributed by atoms with E-state index in [1.165, 1.54) is 0 Å². The van der Waals surface area contributed by atoms with Crippen LogP contribution in [0.3, 0.4) is 0 Å². The topological polar surface area (TPSA) is 47.6 Å². The summed E-state index contributed by atoms with van der Waals surface area (Å²) < 4.78 is 0. The van der Waals surface area contributed by atoms with Crippen LogP contribution in [0.2, 0.25) is 0 Å². The lowest BCUT2D eigenvalue weighted by atomic mass is 9.76. The van der Waals surface area contributed by atoms with Crippen molar-refractivity contribution in [2.75, 3.05) is 0 Å². The highest BCUT2D eigenvalue weighted by Crippen LogP contribution is 2.32. The van der Waals surface area contributed by atoms with Gasteiger partial charge in [0.1, 0.15) is 0 Å². The van der Waals surface area contributed by atoms with Crippen LogP contribution in [0.25, 0.3) is 0 Å². The fraction of sp³-hybridized carbons (Fsp3) is 0.778. The Balaban J connectivity index is 2.59. The van der Waals surface area contributed by atoms with Crippen LogP contribution in [0.5, 0.6) is 0 Å². The van der Waals surface area contributed by atoms with Crippen molar-refractivity contribution in [3.8, 4) is 12.1 Å². The molecule has 1 fully saturated rings. The van der Waals surface area contributed by atoms with Gasteiger partial charge in [0.15, 0.2) is 0 Å². The van der Waals surface area contributed by atoms with Crippen LogP contribution in [-0.4, -0.2) is 0 Å². The van der Waals surface area contributed by atoms with Crippen LogP contribution in [0.1, 0.15) is 26.2 Å². The van der Waals surface area contributed by atoms with Gasteiger partial charge in [0, 0.05) is 0 Å². The molecule has 11 heavy (non-hydrogen) atoms. The van der Waals surface area contributed by atoms with Gasteiger partial charge in [0.05, 0.1) is 24.0 Å². The van der Waals surface area contributed by atoms with E-state index >= 15 is 0 Å². The van der Waals surface area contributed by atoms with Crippen LogP contribution in [-0.2, 0) is 0 Å². The van der Waals surface area contributed by atoms with E-state index in [0.29, 0.717) is 5.92 Å². The molecule has 0 aromatic rings. The second kappa shape index (κ2) is 3.39. The standard InChI is InChI=1S/C9H12N2/c1-7-2-3-8(5-10)9(4-7)6-11/h7-9H,2-4H2,1H3. The third kappa shape index (κ3) is 1.71. The van der Waals surface area contributed by atoms with E-state index in [1.54, 1.807) is 0 Å². The molecule has 0 N–H and O–H groups in total. The van der Waals surface area contributed by atoms with Crippen molar-refractivity contribution in [1.82, 2.24) is 0 Å². The van der Waals surface area contributed by atoms with Crippen LogP contribution < -0.4 is 0 Å². The molecule has 3 unspecified atom stereocenters. The monoisotopic (exact) mass is 148 g/mol. The Kier molecular flexibility index (Phi) is 2.49. The predicted octanol–water partition coefficient (Wildman–Crippen LogP) is 2.09. The van der Waals surface area contributed by atoms with Gasteiger partial charge in [-0.1, -0.05) is 6.92 Å². The summed E-state index contributed by atoms with van der Waals surface area (Å²) in [6, 6.07) is 4.42. The molecular formula is C9H12N2. The summed E-state index contributed by atoms with van der Waals surface area (Å²) in [4.78, 5) is 0. The fourth-order valence-corrected chi connectivity index (χ4v) is 1.68. The zero-order chi connectivity index (χ0) is 8.27. The van der Waals surface area contributed by atoms with Gasteiger partial charge in [0.25, 0.3) is 0 Å². The number of rotatable bonds is 0. The SMILES string of the molecule is CC1CCC(C#N)C(C#N)C1. The first-order chi connectivity index (χ1) is 5.27. The minimum Gasteiger partial charge on any atom is -0.198 e. The molecule has 1 saturated carbocycles. The molecule has 0 aromatic carbocycles. The summed E-state index contributed by atoms with van der Waals surface area (Å²) >= 11 is 0. The average Bonchev–Trinajstić information content (AvgIpc) is 2.04. The molecule has 0 saturated heterocycles. The zero-order valence-electron chi connectivity index (χ0n) is 6.75. The van der Waals surface area contributed by atoms with Crippen molar-refractivity contribution in [3.63, 3.8) is 0 Å². The number of hydrogen-bond donors (Lipinski definition) is 0. The predicted molar refractivity (Wildman–Crippen MR) is 41.2 cm³/mol. The molecule has 0 radical (unpaired) electrons. The van der Waals surface area contributed by atoms with Gasteiger partial charge in [-0.05, 0) is 25.2 Å². The van der Waals surface area contributed by atoms with Gasteiger partial charge >= 0.3 is 0 Å². The Bertz CT molecular complexity index is 209. The molecule has 0 bridgehead atoms. The van der Waals surface area contributed by atoms with Gasteiger partial charge in [-0.15, -0.1) is 0 Å². The third-order valence-corrected chi connectivity index (χ3v) is 2.44. The maximum atomic E-state index is 8.71. The Morgan fingerprint density at radius 2 is 1.73 bits per heavy atom. The first-order valence-corrected chi connectivity index (χ1v) is 4.07. The van der Waals surface area contributed by atoms with Crippen molar-refractivity contribution in [2.45, 2.75) is 26.2 Å². The van der Waals surface area contributed by atoms with Gasteiger partial charge < -0.3 is 0 Å².